The minimum Gasteiger partial charge on any atom is -0.480 e. The van der Waals surface area contributed by atoms with Crippen LogP contribution in [0, 0.1) is 5.92 Å². The topological polar surface area (TPSA) is 79.3 Å². The number of halogens is 1. The van der Waals surface area contributed by atoms with Crippen LogP contribution in [0.25, 0.3) is 0 Å². The summed E-state index contributed by atoms with van der Waals surface area (Å²) in [5.74, 6) is -1.66. The van der Waals surface area contributed by atoms with Gasteiger partial charge in [-0.25, -0.2) is 9.78 Å². The fourth-order valence-corrected chi connectivity index (χ4v) is 1.48. The molecule has 0 aliphatic heterocycles. The van der Waals surface area contributed by atoms with Crippen molar-refractivity contribution in [2.24, 2.45) is 5.92 Å². The molecule has 92 valence electrons. The van der Waals surface area contributed by atoms with Crippen LogP contribution in [-0.4, -0.2) is 28.0 Å². The van der Waals surface area contributed by atoms with Crippen LogP contribution in [0.5, 0.6) is 0 Å². The van der Waals surface area contributed by atoms with Crippen molar-refractivity contribution in [1.82, 2.24) is 10.3 Å². The summed E-state index contributed by atoms with van der Waals surface area (Å²) < 4.78 is 0.618. The molecule has 0 aliphatic carbocycles. The Morgan fingerprint density at radius 1 is 1.41 bits per heavy atom. The van der Waals surface area contributed by atoms with Gasteiger partial charge in [0, 0.05) is 6.20 Å². The minimum atomic E-state index is -1.04. The first-order valence-electron chi connectivity index (χ1n) is 5.07. The van der Waals surface area contributed by atoms with Crippen LogP contribution in [0.1, 0.15) is 24.2 Å². The van der Waals surface area contributed by atoms with E-state index in [-0.39, 0.29) is 5.92 Å². The summed E-state index contributed by atoms with van der Waals surface area (Å²) >= 11 is 3.15. The first kappa shape index (κ1) is 13.6. The number of carbonyl (C=O) groups excluding carboxylic acids is 1. The lowest BCUT2D eigenvalue weighted by atomic mass is 10.0. The number of nitrogens with zero attached hydrogens (tertiary/aromatic N) is 1. The molecule has 2 N–H and O–H groups in total. The van der Waals surface area contributed by atoms with Crippen molar-refractivity contribution in [3.05, 3.63) is 28.5 Å². The maximum Gasteiger partial charge on any atom is 0.326 e. The zero-order valence-electron chi connectivity index (χ0n) is 9.48. The van der Waals surface area contributed by atoms with Crippen molar-refractivity contribution in [2.75, 3.05) is 0 Å². The summed E-state index contributed by atoms with van der Waals surface area (Å²) in [4.78, 5) is 26.6. The second-order valence-corrected chi connectivity index (χ2v) is 4.72. The van der Waals surface area contributed by atoms with Crippen LogP contribution in [0.3, 0.4) is 0 Å². The van der Waals surface area contributed by atoms with Gasteiger partial charge in [-0.1, -0.05) is 13.8 Å². The molecule has 0 spiro atoms. The van der Waals surface area contributed by atoms with Crippen molar-refractivity contribution < 1.29 is 14.7 Å². The fourth-order valence-electron chi connectivity index (χ4n) is 1.25. The van der Waals surface area contributed by atoms with Gasteiger partial charge in [0.15, 0.2) is 0 Å². The molecule has 1 aromatic heterocycles. The zero-order chi connectivity index (χ0) is 13.0. The summed E-state index contributed by atoms with van der Waals surface area (Å²) in [5.41, 5.74) is 0.333. The first-order valence-corrected chi connectivity index (χ1v) is 5.86. The quantitative estimate of drug-likeness (QED) is 0.829. The van der Waals surface area contributed by atoms with E-state index in [4.69, 9.17) is 5.11 Å². The molecule has 1 amide bonds. The third-order valence-corrected chi connectivity index (χ3v) is 2.68. The Kier molecular flexibility index (Phi) is 4.62. The SMILES string of the molecule is CC(C)[C@H](NC(=O)c1ccc(Br)nc1)C(=O)O. The number of nitrogens with one attached hydrogen (secondary N) is 1. The molecule has 0 saturated carbocycles. The first-order chi connectivity index (χ1) is 7.91. The van der Waals surface area contributed by atoms with Gasteiger partial charge in [-0.3, -0.25) is 4.79 Å². The lowest BCUT2D eigenvalue weighted by molar-refractivity contribution is -0.140. The van der Waals surface area contributed by atoms with Gasteiger partial charge in [0.1, 0.15) is 10.6 Å². The van der Waals surface area contributed by atoms with Gasteiger partial charge in [0.2, 0.25) is 0 Å². The summed E-state index contributed by atoms with van der Waals surface area (Å²) in [6, 6.07) is 2.30. The number of hydrogen-bond acceptors (Lipinski definition) is 3. The van der Waals surface area contributed by atoms with E-state index >= 15 is 0 Å². The minimum absolute atomic E-state index is 0.181. The monoisotopic (exact) mass is 300 g/mol. The van der Waals surface area contributed by atoms with Crippen LogP contribution in [0.15, 0.2) is 22.9 Å². The fraction of sp³-hybridized carbons (Fsp3) is 0.364. The Morgan fingerprint density at radius 3 is 2.47 bits per heavy atom. The Bertz CT molecular complexity index is 417. The highest BCUT2D eigenvalue weighted by Crippen LogP contribution is 2.08. The van der Waals surface area contributed by atoms with E-state index in [1.807, 2.05) is 0 Å². The van der Waals surface area contributed by atoms with Crippen molar-refractivity contribution in [3.8, 4) is 0 Å². The molecule has 0 aromatic carbocycles. The number of aromatic nitrogens is 1. The van der Waals surface area contributed by atoms with E-state index in [2.05, 4.69) is 26.2 Å². The summed E-state index contributed by atoms with van der Waals surface area (Å²) in [7, 11) is 0. The predicted octanol–water partition coefficient (Wildman–Crippen LogP) is 1.68. The van der Waals surface area contributed by atoms with Crippen LogP contribution in [0.4, 0.5) is 0 Å². The molecule has 1 rings (SSSR count). The molecule has 6 heteroatoms. The molecule has 5 nitrogen and oxygen atoms in total. The van der Waals surface area contributed by atoms with E-state index in [1.165, 1.54) is 6.20 Å². The van der Waals surface area contributed by atoms with Crippen LogP contribution in [-0.2, 0) is 4.79 Å². The molecule has 0 fully saturated rings. The van der Waals surface area contributed by atoms with E-state index < -0.39 is 17.9 Å². The number of rotatable bonds is 4. The molecule has 1 atom stereocenters. The third kappa shape index (κ3) is 3.81. The highest BCUT2D eigenvalue weighted by atomic mass is 79.9. The molecular formula is C11H13BrN2O3. The molecule has 0 aliphatic rings. The molecule has 17 heavy (non-hydrogen) atoms. The van der Waals surface area contributed by atoms with Gasteiger partial charge in [-0.2, -0.15) is 0 Å². The van der Waals surface area contributed by atoms with Gasteiger partial charge < -0.3 is 10.4 Å². The summed E-state index contributed by atoms with van der Waals surface area (Å²) in [6.45, 7) is 3.47. The predicted molar refractivity (Wildman–Crippen MR) is 65.7 cm³/mol. The highest BCUT2D eigenvalue weighted by molar-refractivity contribution is 9.10. The van der Waals surface area contributed by atoms with Gasteiger partial charge in [0.25, 0.3) is 5.91 Å². The number of hydrogen-bond donors (Lipinski definition) is 2. The maximum atomic E-state index is 11.7. The Morgan fingerprint density at radius 2 is 2.06 bits per heavy atom. The number of carbonyl (C=O) groups is 2. The molecule has 0 bridgehead atoms. The van der Waals surface area contributed by atoms with Gasteiger partial charge >= 0.3 is 5.97 Å². The third-order valence-electron chi connectivity index (χ3n) is 2.21. The van der Waals surface area contributed by atoms with Crippen LogP contribution < -0.4 is 5.32 Å². The van der Waals surface area contributed by atoms with Crippen molar-refractivity contribution >= 4 is 27.8 Å². The van der Waals surface area contributed by atoms with Gasteiger partial charge in [-0.15, -0.1) is 0 Å². The smallest absolute Gasteiger partial charge is 0.326 e. The zero-order valence-corrected chi connectivity index (χ0v) is 11.1. The standard InChI is InChI=1S/C11H13BrN2O3/c1-6(2)9(11(16)17)14-10(15)7-3-4-8(12)13-5-7/h3-6,9H,1-2H3,(H,14,15)(H,16,17)/t9-/m0/s1. The van der Waals surface area contributed by atoms with E-state index in [1.54, 1.807) is 26.0 Å². The van der Waals surface area contributed by atoms with Crippen molar-refractivity contribution in [2.45, 2.75) is 19.9 Å². The normalized spacial score (nSPS) is 12.2. The average Bonchev–Trinajstić information content (AvgIpc) is 2.25. The summed E-state index contributed by atoms with van der Waals surface area (Å²) in [5, 5.41) is 11.4. The number of pyridine rings is 1. The van der Waals surface area contributed by atoms with Crippen LogP contribution >= 0.6 is 15.9 Å². The maximum absolute atomic E-state index is 11.7. The Hall–Kier alpha value is -1.43. The van der Waals surface area contributed by atoms with Crippen molar-refractivity contribution in [3.63, 3.8) is 0 Å². The lowest BCUT2D eigenvalue weighted by Crippen LogP contribution is -2.44. The average molecular weight is 301 g/mol. The van der Waals surface area contributed by atoms with Crippen molar-refractivity contribution in [1.29, 1.82) is 0 Å². The molecule has 0 unspecified atom stereocenters. The number of carboxylic acid groups (broad SMARTS) is 1. The molecule has 0 saturated heterocycles. The van der Waals surface area contributed by atoms with E-state index in [0.717, 1.165) is 0 Å². The number of amides is 1. The number of carboxylic acids is 1. The molecule has 1 heterocycles. The second-order valence-electron chi connectivity index (χ2n) is 3.90. The van der Waals surface area contributed by atoms with Crippen LogP contribution in [0.2, 0.25) is 0 Å². The van der Waals surface area contributed by atoms with E-state index in [9.17, 15) is 9.59 Å². The number of aliphatic carboxylic acids is 1. The Balaban J connectivity index is 2.77. The van der Waals surface area contributed by atoms with Gasteiger partial charge in [-0.05, 0) is 34.0 Å². The Labute approximate surface area is 107 Å². The molecular weight excluding hydrogens is 288 g/mol. The highest BCUT2D eigenvalue weighted by Gasteiger charge is 2.23. The summed E-state index contributed by atoms with van der Waals surface area (Å²) in [6.07, 6.45) is 1.39. The largest absolute Gasteiger partial charge is 0.480 e. The second kappa shape index (κ2) is 5.77. The molecule has 0 radical (unpaired) electrons. The van der Waals surface area contributed by atoms with E-state index in [0.29, 0.717) is 10.2 Å². The molecule has 1 aromatic rings. The lowest BCUT2D eigenvalue weighted by Gasteiger charge is -2.17. The van der Waals surface area contributed by atoms with Gasteiger partial charge in [0.05, 0.1) is 5.56 Å².